The molecule has 0 aliphatic rings. The number of rotatable bonds is 3. The molecule has 0 radical (unpaired) electrons. The average molecular weight is 438 g/mol. The number of aryl methyl sites for hydroxylation is 1. The van der Waals surface area contributed by atoms with Crippen molar-refractivity contribution in [2.24, 2.45) is 0 Å². The Labute approximate surface area is 186 Å². The minimum atomic E-state index is -0.416. The van der Waals surface area contributed by atoms with Crippen LogP contribution in [0.5, 0.6) is 0 Å². The van der Waals surface area contributed by atoms with Gasteiger partial charge >= 0.3 is 0 Å². The van der Waals surface area contributed by atoms with Gasteiger partial charge in [-0.1, -0.05) is 12.1 Å². The van der Waals surface area contributed by atoms with Crippen molar-refractivity contribution in [1.82, 2.24) is 30.1 Å². The summed E-state index contributed by atoms with van der Waals surface area (Å²) < 4.78 is 30.2. The van der Waals surface area contributed by atoms with Gasteiger partial charge in [-0.2, -0.15) is 5.10 Å². The molecule has 0 amide bonds. The number of pyridine rings is 2. The van der Waals surface area contributed by atoms with Gasteiger partial charge in [0.2, 0.25) is 0 Å². The van der Waals surface area contributed by atoms with Crippen LogP contribution in [-0.2, 0) is 0 Å². The second kappa shape index (κ2) is 7.30. The summed E-state index contributed by atoms with van der Waals surface area (Å²) in [6.07, 6.45) is 4.90. The van der Waals surface area contributed by atoms with Crippen LogP contribution in [0.15, 0.2) is 67.1 Å². The molecule has 8 heteroatoms. The molecule has 4 aromatic heterocycles. The molecule has 6 nitrogen and oxygen atoms in total. The van der Waals surface area contributed by atoms with Crippen LogP contribution in [-0.4, -0.2) is 30.1 Å². The first-order chi connectivity index (χ1) is 16.1. The zero-order valence-electron chi connectivity index (χ0n) is 17.4. The molecule has 0 fully saturated rings. The van der Waals surface area contributed by atoms with Crippen LogP contribution in [0.1, 0.15) is 5.56 Å². The molecular formula is C25H16F2N6. The summed E-state index contributed by atoms with van der Waals surface area (Å²) in [7, 11) is 0. The van der Waals surface area contributed by atoms with E-state index >= 15 is 4.39 Å². The monoisotopic (exact) mass is 438 g/mol. The third-order valence-corrected chi connectivity index (χ3v) is 5.75. The quantitative estimate of drug-likeness (QED) is 0.365. The second-order valence-corrected chi connectivity index (χ2v) is 7.73. The van der Waals surface area contributed by atoms with E-state index in [1.165, 1.54) is 6.07 Å². The Morgan fingerprint density at radius 3 is 2.55 bits per heavy atom. The molecule has 33 heavy (non-hydrogen) atoms. The van der Waals surface area contributed by atoms with E-state index < -0.39 is 11.6 Å². The van der Waals surface area contributed by atoms with Gasteiger partial charge in [-0.15, -0.1) is 0 Å². The predicted octanol–water partition coefficient (Wildman–Crippen LogP) is 5.82. The highest BCUT2D eigenvalue weighted by Gasteiger charge is 2.21. The topological polar surface area (TPSA) is 83.1 Å². The summed E-state index contributed by atoms with van der Waals surface area (Å²) in [5.41, 5.74) is 4.80. The highest BCUT2D eigenvalue weighted by Crippen LogP contribution is 2.35. The summed E-state index contributed by atoms with van der Waals surface area (Å²) in [6.45, 7) is 1.91. The minimum absolute atomic E-state index is 0.315. The van der Waals surface area contributed by atoms with Crippen molar-refractivity contribution in [2.75, 3.05) is 0 Å². The standard InChI is InChI=1S/C25H16F2N6/c1-13-8-10-28-12-16(13)14-6-7-18-20(21(14)27)24(33-32-18)25-30-19-9-11-29-22(23(19)31-25)15-4-2-3-5-17(15)26/h2-12H,1H3,(H,30,31)(H,32,33). The van der Waals surface area contributed by atoms with E-state index in [1.807, 2.05) is 13.0 Å². The first kappa shape index (κ1) is 19.2. The molecule has 0 saturated carbocycles. The van der Waals surface area contributed by atoms with E-state index in [4.69, 9.17) is 0 Å². The smallest absolute Gasteiger partial charge is 0.159 e. The van der Waals surface area contributed by atoms with Crippen molar-refractivity contribution in [3.63, 3.8) is 0 Å². The number of H-pyrrole nitrogens is 2. The molecule has 4 heterocycles. The highest BCUT2D eigenvalue weighted by molar-refractivity contribution is 5.98. The minimum Gasteiger partial charge on any atom is -0.336 e. The summed E-state index contributed by atoms with van der Waals surface area (Å²) in [4.78, 5) is 16.3. The lowest BCUT2D eigenvalue weighted by Crippen LogP contribution is -1.91. The average Bonchev–Trinajstić information content (AvgIpc) is 3.45. The fourth-order valence-electron chi connectivity index (χ4n) is 4.10. The van der Waals surface area contributed by atoms with Crippen LogP contribution >= 0.6 is 0 Å². The maximum Gasteiger partial charge on any atom is 0.159 e. The van der Waals surface area contributed by atoms with Crippen molar-refractivity contribution in [2.45, 2.75) is 6.92 Å². The third-order valence-electron chi connectivity index (χ3n) is 5.75. The van der Waals surface area contributed by atoms with Crippen molar-refractivity contribution >= 4 is 21.9 Å². The Morgan fingerprint density at radius 2 is 1.70 bits per heavy atom. The third kappa shape index (κ3) is 2.99. The largest absolute Gasteiger partial charge is 0.336 e. The van der Waals surface area contributed by atoms with Crippen molar-refractivity contribution in [1.29, 1.82) is 0 Å². The fourth-order valence-corrected chi connectivity index (χ4v) is 4.10. The number of nitrogens with one attached hydrogen (secondary N) is 2. The van der Waals surface area contributed by atoms with Gasteiger partial charge in [-0.3, -0.25) is 15.1 Å². The Bertz CT molecular complexity index is 1670. The number of hydrogen-bond donors (Lipinski definition) is 2. The zero-order valence-corrected chi connectivity index (χ0v) is 17.4. The van der Waals surface area contributed by atoms with Gasteiger partial charge in [-0.05, 0) is 48.9 Å². The van der Waals surface area contributed by atoms with Crippen LogP contribution in [0.4, 0.5) is 8.78 Å². The molecule has 0 aliphatic heterocycles. The molecular weight excluding hydrogens is 422 g/mol. The van der Waals surface area contributed by atoms with Crippen molar-refractivity contribution in [3.8, 4) is 33.9 Å². The molecule has 6 aromatic rings. The summed E-state index contributed by atoms with van der Waals surface area (Å²) in [6, 6.07) is 13.5. The van der Waals surface area contributed by atoms with Gasteiger partial charge in [0.05, 0.1) is 16.4 Å². The van der Waals surface area contributed by atoms with Gasteiger partial charge in [0.1, 0.15) is 28.5 Å². The molecule has 6 rings (SSSR count). The number of aromatic nitrogens is 6. The Balaban J connectivity index is 1.57. The number of benzene rings is 2. The molecule has 2 aromatic carbocycles. The second-order valence-electron chi connectivity index (χ2n) is 7.73. The zero-order chi connectivity index (χ0) is 22.5. The normalized spacial score (nSPS) is 11.5. The summed E-state index contributed by atoms with van der Waals surface area (Å²) >= 11 is 0. The first-order valence-electron chi connectivity index (χ1n) is 10.3. The Hall–Kier alpha value is -4.46. The lowest BCUT2D eigenvalue weighted by Gasteiger charge is -2.07. The van der Waals surface area contributed by atoms with Gasteiger partial charge in [0, 0.05) is 35.3 Å². The number of nitrogens with zero attached hydrogens (tertiary/aromatic N) is 4. The predicted molar refractivity (Wildman–Crippen MR) is 122 cm³/mol. The van der Waals surface area contributed by atoms with Crippen LogP contribution in [0.3, 0.4) is 0 Å². The maximum absolute atomic E-state index is 15.8. The van der Waals surface area contributed by atoms with Crippen molar-refractivity contribution < 1.29 is 8.78 Å². The van der Waals surface area contributed by atoms with Crippen LogP contribution in [0.25, 0.3) is 55.8 Å². The number of fused-ring (bicyclic) bond motifs is 2. The number of imidazole rings is 1. The fraction of sp³-hybridized carbons (Fsp3) is 0.0400. The molecule has 0 unspecified atom stereocenters. The highest BCUT2D eigenvalue weighted by atomic mass is 19.1. The summed E-state index contributed by atoms with van der Waals surface area (Å²) in [5, 5.41) is 7.52. The van der Waals surface area contributed by atoms with E-state index in [1.54, 1.807) is 55.0 Å². The number of halogens is 2. The molecule has 0 spiro atoms. The Morgan fingerprint density at radius 1 is 0.818 bits per heavy atom. The van der Waals surface area contributed by atoms with Gasteiger partial charge in [0.25, 0.3) is 0 Å². The molecule has 0 atom stereocenters. The maximum atomic E-state index is 15.8. The molecule has 0 aliphatic carbocycles. The first-order valence-corrected chi connectivity index (χ1v) is 10.3. The molecule has 160 valence electrons. The summed E-state index contributed by atoms with van der Waals surface area (Å²) in [5.74, 6) is -0.448. The molecule has 0 saturated heterocycles. The lowest BCUT2D eigenvalue weighted by molar-refractivity contribution is 0.631. The van der Waals surface area contributed by atoms with E-state index in [0.29, 0.717) is 55.8 Å². The SMILES string of the molecule is Cc1ccncc1-c1ccc2[nH]nc(-c3nc4c(-c5ccccc5F)nccc4[nH]3)c2c1F. The lowest BCUT2D eigenvalue weighted by atomic mass is 10.00. The van der Waals surface area contributed by atoms with Crippen molar-refractivity contribution in [3.05, 3.63) is 84.3 Å². The van der Waals surface area contributed by atoms with Gasteiger partial charge in [0.15, 0.2) is 5.82 Å². The van der Waals surface area contributed by atoms with Gasteiger partial charge in [-0.25, -0.2) is 13.8 Å². The number of aromatic amines is 2. The van der Waals surface area contributed by atoms with Gasteiger partial charge < -0.3 is 4.98 Å². The van der Waals surface area contributed by atoms with Crippen LogP contribution < -0.4 is 0 Å². The van der Waals surface area contributed by atoms with E-state index in [-0.39, 0.29) is 0 Å². The van der Waals surface area contributed by atoms with E-state index in [0.717, 1.165) is 5.56 Å². The number of hydrogen-bond acceptors (Lipinski definition) is 4. The van der Waals surface area contributed by atoms with Crippen LogP contribution in [0, 0.1) is 18.6 Å². The van der Waals surface area contributed by atoms with E-state index in [9.17, 15) is 4.39 Å². The Kier molecular flexibility index (Phi) is 4.26. The van der Waals surface area contributed by atoms with E-state index in [2.05, 4.69) is 30.1 Å². The molecule has 2 N–H and O–H groups in total. The van der Waals surface area contributed by atoms with Crippen LogP contribution in [0.2, 0.25) is 0 Å². The molecule has 0 bridgehead atoms.